The number of amides is 2. The monoisotopic (exact) mass is 379 g/mol. The van der Waals surface area contributed by atoms with Crippen LogP contribution in [-0.2, 0) is 0 Å². The number of aromatic nitrogens is 5. The normalized spacial score (nSPS) is 16.8. The highest BCUT2D eigenvalue weighted by atomic mass is 16.2. The van der Waals surface area contributed by atoms with E-state index in [-0.39, 0.29) is 17.5 Å². The molecule has 1 aromatic carbocycles. The maximum absolute atomic E-state index is 12.8. The smallest absolute Gasteiger partial charge is 0.321 e. The van der Waals surface area contributed by atoms with E-state index in [0.717, 1.165) is 24.2 Å². The van der Waals surface area contributed by atoms with Crippen LogP contribution in [0.25, 0.3) is 5.69 Å². The molecular weight excluding hydrogens is 358 g/mol. The topological polar surface area (TPSA) is 109 Å². The molecule has 3 aromatic rings. The van der Waals surface area contributed by atoms with Gasteiger partial charge in [0.05, 0.1) is 11.4 Å². The number of H-pyrrole nitrogens is 1. The van der Waals surface area contributed by atoms with Crippen molar-refractivity contribution in [3.8, 4) is 5.69 Å². The molecule has 0 spiro atoms. The summed E-state index contributed by atoms with van der Waals surface area (Å²) in [4.78, 5) is 37.3. The van der Waals surface area contributed by atoms with E-state index in [1.807, 2.05) is 24.3 Å². The Morgan fingerprint density at radius 2 is 2.21 bits per heavy atom. The van der Waals surface area contributed by atoms with Gasteiger partial charge in [-0.05, 0) is 38.0 Å². The van der Waals surface area contributed by atoms with Gasteiger partial charge in [0.25, 0.3) is 5.56 Å². The van der Waals surface area contributed by atoms with Crippen LogP contribution in [0.4, 0.5) is 10.5 Å². The molecule has 0 aliphatic carbocycles. The largest absolute Gasteiger partial charge is 0.324 e. The quantitative estimate of drug-likeness (QED) is 0.724. The van der Waals surface area contributed by atoms with Crippen molar-refractivity contribution >= 4 is 11.7 Å². The molecule has 1 aliphatic rings. The van der Waals surface area contributed by atoms with Gasteiger partial charge < -0.3 is 15.2 Å². The first-order valence-corrected chi connectivity index (χ1v) is 9.17. The second kappa shape index (κ2) is 7.63. The number of carbonyl (C=O) groups is 1. The van der Waals surface area contributed by atoms with Crippen molar-refractivity contribution < 1.29 is 4.79 Å². The van der Waals surface area contributed by atoms with Crippen LogP contribution < -0.4 is 10.9 Å². The Hall–Kier alpha value is -3.49. The molecule has 9 nitrogen and oxygen atoms in total. The molecule has 0 unspecified atom stereocenters. The zero-order valence-corrected chi connectivity index (χ0v) is 15.5. The average molecular weight is 379 g/mol. The summed E-state index contributed by atoms with van der Waals surface area (Å²) in [6, 6.07) is 8.79. The molecule has 4 rings (SSSR count). The van der Waals surface area contributed by atoms with Gasteiger partial charge in [-0.1, -0.05) is 6.07 Å². The third kappa shape index (κ3) is 3.93. The van der Waals surface area contributed by atoms with Gasteiger partial charge >= 0.3 is 6.03 Å². The minimum atomic E-state index is -0.165. The lowest BCUT2D eigenvalue weighted by atomic mass is 9.94. The number of hydrogen-bond donors (Lipinski definition) is 2. The number of hydrogen-bond acceptors (Lipinski definition) is 5. The zero-order chi connectivity index (χ0) is 19.5. The van der Waals surface area contributed by atoms with Crippen LogP contribution in [0, 0.1) is 6.92 Å². The van der Waals surface area contributed by atoms with Crippen molar-refractivity contribution in [2.24, 2.45) is 0 Å². The number of likely N-dealkylation sites (tertiary alicyclic amines) is 1. The maximum atomic E-state index is 12.8. The van der Waals surface area contributed by atoms with E-state index >= 15 is 0 Å². The predicted octanol–water partition coefficient (Wildman–Crippen LogP) is 2.07. The summed E-state index contributed by atoms with van der Waals surface area (Å²) < 4.78 is 1.63. The first-order valence-electron chi connectivity index (χ1n) is 9.17. The van der Waals surface area contributed by atoms with Crippen molar-refractivity contribution in [1.29, 1.82) is 0 Å². The molecule has 2 N–H and O–H groups in total. The van der Waals surface area contributed by atoms with E-state index in [2.05, 4.69) is 25.4 Å². The molecule has 0 saturated carbocycles. The second-order valence-corrected chi connectivity index (χ2v) is 6.86. The van der Waals surface area contributed by atoms with E-state index in [1.165, 1.54) is 12.4 Å². The predicted molar refractivity (Wildman–Crippen MR) is 104 cm³/mol. The Labute approximate surface area is 161 Å². The Bertz CT molecular complexity index is 1030. The van der Waals surface area contributed by atoms with Gasteiger partial charge in [-0.3, -0.25) is 4.79 Å². The Morgan fingerprint density at radius 1 is 1.32 bits per heavy atom. The number of anilines is 1. The molecule has 2 amide bonds. The van der Waals surface area contributed by atoms with Crippen molar-refractivity contribution in [2.75, 3.05) is 18.4 Å². The number of benzene rings is 1. The van der Waals surface area contributed by atoms with Crippen LogP contribution in [0.1, 0.15) is 30.3 Å². The fraction of sp³-hybridized carbons (Fsp3) is 0.316. The van der Waals surface area contributed by atoms with Crippen LogP contribution in [0.5, 0.6) is 0 Å². The van der Waals surface area contributed by atoms with Gasteiger partial charge in [-0.2, -0.15) is 5.10 Å². The van der Waals surface area contributed by atoms with Gasteiger partial charge in [0, 0.05) is 30.8 Å². The lowest BCUT2D eigenvalue weighted by molar-refractivity contribution is 0.192. The second-order valence-electron chi connectivity index (χ2n) is 6.86. The Kier molecular flexibility index (Phi) is 4.88. The summed E-state index contributed by atoms with van der Waals surface area (Å²) in [6.07, 6.45) is 4.84. The van der Waals surface area contributed by atoms with Gasteiger partial charge in [0.15, 0.2) is 0 Å². The molecule has 1 saturated heterocycles. The molecule has 3 heterocycles. The summed E-state index contributed by atoms with van der Waals surface area (Å²) in [5, 5.41) is 7.05. The van der Waals surface area contributed by atoms with Crippen molar-refractivity contribution in [1.82, 2.24) is 29.6 Å². The molecule has 144 valence electrons. The summed E-state index contributed by atoms with van der Waals surface area (Å²) in [6.45, 7) is 2.97. The minimum absolute atomic E-state index is 0.0574. The molecule has 1 atom stereocenters. The van der Waals surface area contributed by atoms with E-state index in [4.69, 9.17) is 0 Å². The van der Waals surface area contributed by atoms with Gasteiger partial charge in [-0.15, -0.1) is 0 Å². The van der Waals surface area contributed by atoms with Crippen molar-refractivity contribution in [3.63, 3.8) is 0 Å². The summed E-state index contributed by atoms with van der Waals surface area (Å²) in [7, 11) is 0. The van der Waals surface area contributed by atoms with Gasteiger partial charge in [-0.25, -0.2) is 19.4 Å². The highest BCUT2D eigenvalue weighted by molar-refractivity contribution is 5.89. The third-order valence-electron chi connectivity index (χ3n) is 4.79. The lowest BCUT2D eigenvalue weighted by Crippen LogP contribution is -2.42. The lowest BCUT2D eigenvalue weighted by Gasteiger charge is -2.32. The number of urea groups is 1. The molecule has 0 bridgehead atoms. The van der Waals surface area contributed by atoms with E-state index in [9.17, 15) is 9.59 Å². The standard InChI is InChI=1S/C19H21N7O2/c1-13-22-17(9-18(27)23-13)14-4-3-7-25(10-14)19(28)24-15-5-2-6-16(8-15)26-12-20-11-21-26/h2,5-6,8-9,11-12,14H,3-4,7,10H2,1H3,(H,24,28)(H,22,23,27)/t14-/m1/s1. The number of rotatable bonds is 3. The molecular formula is C19H21N7O2. The van der Waals surface area contributed by atoms with Crippen LogP contribution in [0.15, 0.2) is 47.8 Å². The highest BCUT2D eigenvalue weighted by Gasteiger charge is 2.26. The molecule has 2 aromatic heterocycles. The molecule has 9 heteroatoms. The molecule has 1 aliphatic heterocycles. The van der Waals surface area contributed by atoms with Gasteiger partial charge in [0.2, 0.25) is 0 Å². The zero-order valence-electron chi connectivity index (χ0n) is 15.5. The highest BCUT2D eigenvalue weighted by Crippen LogP contribution is 2.25. The van der Waals surface area contributed by atoms with Crippen molar-refractivity contribution in [2.45, 2.75) is 25.7 Å². The van der Waals surface area contributed by atoms with Crippen molar-refractivity contribution in [3.05, 3.63) is 64.9 Å². The summed E-state index contributed by atoms with van der Waals surface area (Å²) in [5.41, 5.74) is 2.08. The fourth-order valence-electron chi connectivity index (χ4n) is 3.48. The molecule has 0 radical (unpaired) electrons. The summed E-state index contributed by atoms with van der Waals surface area (Å²) >= 11 is 0. The first-order chi connectivity index (χ1) is 13.6. The van der Waals surface area contributed by atoms with E-state index < -0.39 is 0 Å². The van der Waals surface area contributed by atoms with Crippen LogP contribution in [0.3, 0.4) is 0 Å². The fourth-order valence-corrected chi connectivity index (χ4v) is 3.48. The van der Waals surface area contributed by atoms with Crippen LogP contribution in [0.2, 0.25) is 0 Å². The first kappa shape index (κ1) is 17.9. The number of nitrogens with one attached hydrogen (secondary N) is 2. The number of carbonyl (C=O) groups excluding carboxylic acids is 1. The van der Waals surface area contributed by atoms with Crippen LogP contribution >= 0.6 is 0 Å². The number of aryl methyl sites for hydroxylation is 1. The number of nitrogens with zero attached hydrogens (tertiary/aromatic N) is 5. The average Bonchev–Trinajstić information content (AvgIpc) is 3.22. The van der Waals surface area contributed by atoms with Gasteiger partial charge in [0.1, 0.15) is 18.5 Å². The third-order valence-corrected chi connectivity index (χ3v) is 4.79. The number of aromatic amines is 1. The van der Waals surface area contributed by atoms with E-state index in [1.54, 1.807) is 22.8 Å². The summed E-state index contributed by atoms with van der Waals surface area (Å²) in [5.74, 6) is 0.649. The molecule has 1 fully saturated rings. The SMILES string of the molecule is Cc1nc([C@@H]2CCCN(C(=O)Nc3cccc(-n4cncn4)c3)C2)cc(=O)[nH]1. The van der Waals surface area contributed by atoms with E-state index in [0.29, 0.717) is 24.6 Å². The Balaban J connectivity index is 1.46. The maximum Gasteiger partial charge on any atom is 0.321 e. The van der Waals surface area contributed by atoms with Crippen LogP contribution in [-0.4, -0.2) is 48.8 Å². The minimum Gasteiger partial charge on any atom is -0.324 e. The number of piperidine rings is 1. The Morgan fingerprint density at radius 3 is 3.00 bits per heavy atom. The molecule has 28 heavy (non-hydrogen) atoms.